The molecule has 0 unspecified atom stereocenters. The van der Waals surface area contributed by atoms with Gasteiger partial charge in [0.1, 0.15) is 28.8 Å². The Balaban J connectivity index is 1.20. The summed E-state index contributed by atoms with van der Waals surface area (Å²) in [6.07, 6.45) is 2.63. The van der Waals surface area contributed by atoms with E-state index in [1.165, 1.54) is 0 Å². The number of rotatable bonds is 11. The molecule has 0 N–H and O–H groups in total. The molecule has 0 atom stereocenters. The van der Waals surface area contributed by atoms with E-state index in [0.29, 0.717) is 29.9 Å². The van der Waals surface area contributed by atoms with Crippen molar-refractivity contribution in [3.63, 3.8) is 0 Å². The van der Waals surface area contributed by atoms with E-state index in [-0.39, 0.29) is 5.56 Å². The molecule has 4 aromatic carbocycles. The summed E-state index contributed by atoms with van der Waals surface area (Å²) in [5, 5.41) is 0.630. The number of nitrogens with zero attached hydrogens (tertiary/aromatic N) is 2. The fourth-order valence-corrected chi connectivity index (χ4v) is 4.33. The smallest absolute Gasteiger partial charge is 0.261 e. The summed E-state index contributed by atoms with van der Waals surface area (Å²) in [5.41, 5.74) is 1.56. The van der Waals surface area contributed by atoms with Crippen molar-refractivity contribution in [3.8, 4) is 34.4 Å². The van der Waals surface area contributed by atoms with Gasteiger partial charge in [0.05, 0.1) is 24.6 Å². The maximum Gasteiger partial charge on any atom is 0.261 e. The molecule has 38 heavy (non-hydrogen) atoms. The summed E-state index contributed by atoms with van der Waals surface area (Å²) in [4.78, 5) is 18.2. The molecule has 5 aromatic rings. The van der Waals surface area contributed by atoms with E-state index < -0.39 is 0 Å². The van der Waals surface area contributed by atoms with Gasteiger partial charge in [-0.05, 0) is 79.9 Å². The van der Waals surface area contributed by atoms with Gasteiger partial charge in [-0.15, -0.1) is 0 Å². The van der Waals surface area contributed by atoms with Gasteiger partial charge in [-0.2, -0.15) is 0 Å². The molecule has 0 saturated carbocycles. The molecule has 0 fully saturated rings. The molecule has 192 valence electrons. The van der Waals surface area contributed by atoms with Gasteiger partial charge in [-0.3, -0.25) is 9.36 Å². The van der Waals surface area contributed by atoms with E-state index in [2.05, 4.69) is 0 Å². The summed E-state index contributed by atoms with van der Waals surface area (Å²) in [7, 11) is 1.64. The summed E-state index contributed by atoms with van der Waals surface area (Å²) in [6, 6.07) is 32.5. The number of methoxy groups -OCH3 is 1. The zero-order valence-corrected chi connectivity index (χ0v) is 21.4. The van der Waals surface area contributed by atoms with Crippen LogP contribution in [0.25, 0.3) is 22.3 Å². The largest absolute Gasteiger partial charge is 0.497 e. The lowest BCUT2D eigenvalue weighted by atomic mass is 10.1. The van der Waals surface area contributed by atoms with Crippen molar-refractivity contribution < 1.29 is 14.2 Å². The van der Waals surface area contributed by atoms with Gasteiger partial charge < -0.3 is 14.2 Å². The third-order valence-corrected chi connectivity index (χ3v) is 6.29. The first-order chi connectivity index (χ1) is 18.7. The average molecular weight is 507 g/mol. The highest BCUT2D eigenvalue weighted by molar-refractivity contribution is 5.79. The van der Waals surface area contributed by atoms with Crippen molar-refractivity contribution in [1.82, 2.24) is 9.55 Å². The van der Waals surface area contributed by atoms with Crippen molar-refractivity contribution in [2.45, 2.75) is 25.8 Å². The Morgan fingerprint density at radius 1 is 0.711 bits per heavy atom. The number of para-hydroxylation sites is 2. The summed E-state index contributed by atoms with van der Waals surface area (Å²) in [5.74, 6) is 3.73. The van der Waals surface area contributed by atoms with Gasteiger partial charge in [0, 0.05) is 18.2 Å². The van der Waals surface area contributed by atoms with Crippen LogP contribution < -0.4 is 19.8 Å². The first kappa shape index (κ1) is 25.1. The molecule has 0 radical (unpaired) electrons. The van der Waals surface area contributed by atoms with Gasteiger partial charge in [0.2, 0.25) is 0 Å². The number of ether oxygens (including phenoxy) is 3. The van der Waals surface area contributed by atoms with Crippen LogP contribution in [-0.2, 0) is 6.54 Å². The molecular formula is C32H30N2O4. The van der Waals surface area contributed by atoms with Crippen LogP contribution in [0, 0.1) is 0 Å². The normalized spacial score (nSPS) is 10.9. The van der Waals surface area contributed by atoms with Gasteiger partial charge in [0.25, 0.3) is 5.56 Å². The Labute approximate surface area is 222 Å². The molecular weight excluding hydrogens is 476 g/mol. The molecule has 1 aromatic heterocycles. The highest BCUT2D eigenvalue weighted by Gasteiger charge is 2.13. The summed E-state index contributed by atoms with van der Waals surface area (Å²) < 4.78 is 18.9. The van der Waals surface area contributed by atoms with Crippen molar-refractivity contribution >= 4 is 10.9 Å². The Kier molecular flexibility index (Phi) is 7.99. The lowest BCUT2D eigenvalue weighted by molar-refractivity contribution is 0.302. The highest BCUT2D eigenvalue weighted by atomic mass is 16.5. The fourth-order valence-electron chi connectivity index (χ4n) is 4.33. The van der Waals surface area contributed by atoms with Crippen molar-refractivity contribution in [2.75, 3.05) is 13.7 Å². The number of hydrogen-bond donors (Lipinski definition) is 0. The molecule has 0 saturated heterocycles. The Bertz CT molecular complexity index is 1550. The maximum atomic E-state index is 13.4. The van der Waals surface area contributed by atoms with E-state index in [1.807, 2.05) is 103 Å². The predicted molar refractivity (Wildman–Crippen MR) is 150 cm³/mol. The van der Waals surface area contributed by atoms with Crippen LogP contribution in [0.15, 0.2) is 108 Å². The third-order valence-electron chi connectivity index (χ3n) is 6.29. The SMILES string of the molecule is COc1ccc(-c2nc3ccccc3c(=O)n2CCCCCOc2cccc(Oc3ccccc3)c2)cc1. The molecule has 5 rings (SSSR count). The van der Waals surface area contributed by atoms with E-state index in [1.54, 1.807) is 11.7 Å². The minimum Gasteiger partial charge on any atom is -0.497 e. The second-order valence-corrected chi connectivity index (χ2v) is 8.94. The van der Waals surface area contributed by atoms with Crippen LogP contribution in [0.4, 0.5) is 0 Å². The molecule has 0 aliphatic heterocycles. The minimum atomic E-state index is -0.0205. The molecule has 0 aliphatic rings. The quantitative estimate of drug-likeness (QED) is 0.179. The first-order valence-electron chi connectivity index (χ1n) is 12.8. The van der Waals surface area contributed by atoms with Crippen molar-refractivity contribution in [1.29, 1.82) is 0 Å². The van der Waals surface area contributed by atoms with E-state index in [4.69, 9.17) is 19.2 Å². The molecule has 0 aliphatic carbocycles. The number of benzene rings is 4. The van der Waals surface area contributed by atoms with Crippen molar-refractivity contribution in [2.24, 2.45) is 0 Å². The Hall–Kier alpha value is -4.58. The van der Waals surface area contributed by atoms with E-state index in [0.717, 1.165) is 47.8 Å². The molecule has 0 spiro atoms. The zero-order chi connectivity index (χ0) is 26.2. The predicted octanol–water partition coefficient (Wildman–Crippen LogP) is 7.11. The molecule has 0 amide bonds. The van der Waals surface area contributed by atoms with E-state index in [9.17, 15) is 4.79 Å². The lowest BCUT2D eigenvalue weighted by Gasteiger charge is -2.14. The maximum absolute atomic E-state index is 13.4. The van der Waals surface area contributed by atoms with Gasteiger partial charge in [-0.1, -0.05) is 36.4 Å². The first-order valence-corrected chi connectivity index (χ1v) is 12.8. The third kappa shape index (κ3) is 6.03. The molecule has 6 nitrogen and oxygen atoms in total. The average Bonchev–Trinajstić information content (AvgIpc) is 2.96. The van der Waals surface area contributed by atoms with Gasteiger partial charge in [0.15, 0.2) is 0 Å². The number of hydrogen-bond acceptors (Lipinski definition) is 5. The summed E-state index contributed by atoms with van der Waals surface area (Å²) >= 11 is 0. The zero-order valence-electron chi connectivity index (χ0n) is 21.4. The van der Waals surface area contributed by atoms with E-state index >= 15 is 0 Å². The lowest BCUT2D eigenvalue weighted by Crippen LogP contribution is -2.23. The van der Waals surface area contributed by atoms with Gasteiger partial charge >= 0.3 is 0 Å². The minimum absolute atomic E-state index is 0.0205. The fraction of sp³-hybridized carbons (Fsp3) is 0.188. The summed E-state index contributed by atoms with van der Waals surface area (Å²) in [6.45, 7) is 1.17. The second-order valence-electron chi connectivity index (χ2n) is 8.94. The number of fused-ring (bicyclic) bond motifs is 1. The number of aromatic nitrogens is 2. The molecule has 1 heterocycles. The Morgan fingerprint density at radius 2 is 1.45 bits per heavy atom. The molecule has 0 bridgehead atoms. The van der Waals surface area contributed by atoms with Crippen LogP contribution >= 0.6 is 0 Å². The molecule has 6 heteroatoms. The standard InChI is InChI=1S/C32H30N2O4/c1-36-25-19-17-24(18-20-25)31-33-30-16-7-6-15-29(30)32(35)34(31)21-8-3-9-22-37-27-13-10-14-28(23-27)38-26-11-4-2-5-12-26/h2,4-7,10-20,23H,3,8-9,21-22H2,1H3. The van der Waals surface area contributed by atoms with Crippen LogP contribution in [0.2, 0.25) is 0 Å². The van der Waals surface area contributed by atoms with Crippen LogP contribution in [0.5, 0.6) is 23.0 Å². The van der Waals surface area contributed by atoms with Crippen LogP contribution in [0.3, 0.4) is 0 Å². The Morgan fingerprint density at radius 3 is 2.26 bits per heavy atom. The highest BCUT2D eigenvalue weighted by Crippen LogP contribution is 2.25. The topological polar surface area (TPSA) is 62.6 Å². The monoisotopic (exact) mass is 506 g/mol. The van der Waals surface area contributed by atoms with Crippen molar-refractivity contribution in [3.05, 3.63) is 113 Å². The van der Waals surface area contributed by atoms with Crippen LogP contribution in [-0.4, -0.2) is 23.3 Å². The number of unbranched alkanes of at least 4 members (excludes halogenated alkanes) is 2. The second kappa shape index (κ2) is 12.1. The van der Waals surface area contributed by atoms with Crippen LogP contribution in [0.1, 0.15) is 19.3 Å². The van der Waals surface area contributed by atoms with Gasteiger partial charge in [-0.25, -0.2) is 4.98 Å².